The molecule has 0 bridgehead atoms. The quantitative estimate of drug-likeness (QED) is 0.400. The summed E-state index contributed by atoms with van der Waals surface area (Å²) in [6.07, 6.45) is 2.99. The van der Waals surface area contributed by atoms with Crippen molar-refractivity contribution >= 4 is 23.2 Å². The number of nitrogens with one attached hydrogen (secondary N) is 1. The minimum atomic E-state index is 0. The fourth-order valence-corrected chi connectivity index (χ4v) is 0.677. The minimum Gasteiger partial charge on any atom is -1.00 e. The average molecular weight is 195 g/mol. The van der Waals surface area contributed by atoms with Crippen LogP contribution in [-0.4, -0.2) is 4.98 Å². The van der Waals surface area contributed by atoms with Gasteiger partial charge >= 0.3 is 0 Å². The molecule has 0 atom stereocenters. The van der Waals surface area contributed by atoms with Crippen molar-refractivity contribution in [3.8, 4) is 0 Å². The van der Waals surface area contributed by atoms with Crippen LogP contribution in [0.4, 0.5) is 11.4 Å². The summed E-state index contributed by atoms with van der Waals surface area (Å²) in [5.74, 6) is 0. The Bertz CT molecular complexity index is 201. The van der Waals surface area contributed by atoms with Crippen molar-refractivity contribution in [1.82, 2.24) is 4.98 Å². The first-order valence-corrected chi connectivity index (χ1v) is 3.01. The van der Waals surface area contributed by atoms with Gasteiger partial charge in [-0.3, -0.25) is 9.82 Å². The smallest absolute Gasteiger partial charge is 0.150 e. The Morgan fingerprint density at radius 3 is 2.82 bits per heavy atom. The maximum absolute atomic E-state index is 10.2. The van der Waals surface area contributed by atoms with Gasteiger partial charge in [0.1, 0.15) is 5.69 Å². The van der Waals surface area contributed by atoms with Crippen LogP contribution in [0.1, 0.15) is 0 Å². The Hall–Kier alpha value is -0.550. The summed E-state index contributed by atoms with van der Waals surface area (Å²) >= 11 is 5.25. The number of quaternary nitrogens is 1. The van der Waals surface area contributed by atoms with Gasteiger partial charge in [0, 0.05) is 17.8 Å². The lowest BCUT2D eigenvalue weighted by atomic mass is 10.4. The molecule has 1 aromatic heterocycles. The van der Waals surface area contributed by atoms with Crippen molar-refractivity contribution in [1.29, 1.82) is 0 Å². The van der Waals surface area contributed by atoms with E-state index in [2.05, 4.69) is 9.82 Å². The van der Waals surface area contributed by atoms with Gasteiger partial charge in [-0.15, -0.1) is 0 Å². The average Bonchev–Trinajstić information content (AvgIpc) is 2.05. The van der Waals surface area contributed by atoms with Crippen LogP contribution >= 0.6 is 11.8 Å². The highest BCUT2D eigenvalue weighted by molar-refractivity contribution is 6.23. The molecule has 0 fully saturated rings. The highest BCUT2D eigenvalue weighted by atomic mass is 35.5. The molecule has 0 saturated heterocycles. The third-order valence-corrected chi connectivity index (χ3v) is 1.22. The van der Waals surface area contributed by atoms with Crippen LogP contribution in [-0.2, 0) is 0 Å². The van der Waals surface area contributed by atoms with Gasteiger partial charge in [0.15, 0.2) is 0 Å². The fourth-order valence-electron chi connectivity index (χ4n) is 0.574. The zero-order chi connectivity index (χ0) is 7.40. The molecule has 62 valence electrons. The van der Waals surface area contributed by atoms with E-state index >= 15 is 0 Å². The van der Waals surface area contributed by atoms with Crippen molar-refractivity contribution in [2.45, 2.75) is 0 Å². The second-order valence-electron chi connectivity index (χ2n) is 1.72. The predicted molar refractivity (Wildman–Crippen MR) is 38.7 cm³/mol. The highest BCUT2D eigenvalue weighted by Gasteiger charge is 1.92. The van der Waals surface area contributed by atoms with Gasteiger partial charge in [-0.25, -0.2) is 0 Å². The maximum atomic E-state index is 10.2. The van der Waals surface area contributed by atoms with E-state index in [1.165, 1.54) is 12.4 Å². The number of nitrogens with zero attached hydrogens (tertiary/aromatic N) is 1. The molecule has 0 aliphatic carbocycles. The Morgan fingerprint density at radius 2 is 2.27 bits per heavy atom. The van der Waals surface area contributed by atoms with Crippen molar-refractivity contribution in [2.75, 3.05) is 4.84 Å². The summed E-state index contributed by atoms with van der Waals surface area (Å²) in [6.45, 7) is 0. The molecule has 1 heterocycles. The van der Waals surface area contributed by atoms with E-state index in [1.807, 2.05) is 0 Å². The van der Waals surface area contributed by atoms with E-state index in [4.69, 9.17) is 11.8 Å². The molecule has 0 unspecified atom stereocenters. The molecule has 0 aliphatic rings. The van der Waals surface area contributed by atoms with E-state index in [1.54, 1.807) is 6.07 Å². The minimum absolute atomic E-state index is 0. The second kappa shape index (κ2) is 5.15. The zero-order valence-electron chi connectivity index (χ0n) is 5.42. The summed E-state index contributed by atoms with van der Waals surface area (Å²) in [7, 11) is 0. The monoisotopic (exact) mass is 194 g/mol. The number of pyridine rings is 1. The lowest BCUT2D eigenvalue weighted by Gasteiger charge is -2.01. The van der Waals surface area contributed by atoms with Crippen LogP contribution in [0.2, 0.25) is 0 Å². The SMILES string of the molecule is [Cl-].[O-][NH2+]c1cncc(NCl)c1. The summed E-state index contributed by atoms with van der Waals surface area (Å²) in [4.78, 5) is 6.10. The predicted octanol–water partition coefficient (Wildman–Crippen LogP) is -2.66. The number of aromatic nitrogens is 1. The molecule has 1 aromatic rings. The molecule has 0 amide bonds. The van der Waals surface area contributed by atoms with Crippen LogP contribution < -0.4 is 22.7 Å². The normalized spacial score (nSPS) is 8.55. The number of nitrogens with two attached hydrogens (primary N) is 1. The number of rotatable bonds is 2. The Kier molecular flexibility index (Phi) is 4.89. The van der Waals surface area contributed by atoms with Crippen LogP contribution in [0.15, 0.2) is 18.5 Å². The highest BCUT2D eigenvalue weighted by Crippen LogP contribution is 2.08. The molecular weight excluding hydrogens is 189 g/mol. The second-order valence-corrected chi connectivity index (χ2v) is 1.91. The topological polar surface area (TPSA) is 64.6 Å². The lowest BCUT2D eigenvalue weighted by Crippen LogP contribution is -3.00. The molecule has 0 radical (unpaired) electrons. The van der Waals surface area contributed by atoms with E-state index in [0.29, 0.717) is 16.9 Å². The van der Waals surface area contributed by atoms with Gasteiger partial charge < -0.3 is 23.1 Å². The van der Waals surface area contributed by atoms with Crippen molar-refractivity contribution in [3.63, 3.8) is 0 Å². The molecule has 1 rings (SSSR count). The Labute approximate surface area is 75.1 Å². The first-order chi connectivity index (χ1) is 4.86. The van der Waals surface area contributed by atoms with Gasteiger partial charge in [-0.2, -0.15) is 0 Å². The number of anilines is 1. The Morgan fingerprint density at radius 1 is 1.55 bits per heavy atom. The van der Waals surface area contributed by atoms with Crippen LogP contribution in [0.3, 0.4) is 0 Å². The molecule has 0 spiro atoms. The van der Waals surface area contributed by atoms with E-state index < -0.39 is 0 Å². The van der Waals surface area contributed by atoms with Gasteiger partial charge in [0.2, 0.25) is 0 Å². The largest absolute Gasteiger partial charge is 1.00 e. The molecule has 3 N–H and O–H groups in total. The molecule has 11 heavy (non-hydrogen) atoms. The van der Waals surface area contributed by atoms with Crippen molar-refractivity contribution < 1.29 is 17.9 Å². The first kappa shape index (κ1) is 10.4. The number of hydrogen-bond acceptors (Lipinski definition) is 3. The molecule has 0 aromatic carbocycles. The summed E-state index contributed by atoms with van der Waals surface area (Å²) in [5.41, 5.74) is 1.84. The van der Waals surface area contributed by atoms with Gasteiger partial charge in [-0.1, -0.05) is 0 Å². The third-order valence-electron chi connectivity index (χ3n) is 1.00. The Balaban J connectivity index is 0.000001000. The van der Waals surface area contributed by atoms with Crippen LogP contribution in [0.25, 0.3) is 0 Å². The summed E-state index contributed by atoms with van der Waals surface area (Å²) < 4.78 is 0. The third kappa shape index (κ3) is 2.90. The fraction of sp³-hybridized carbons (Fsp3) is 0. The lowest BCUT2D eigenvalue weighted by molar-refractivity contribution is -0.497. The van der Waals surface area contributed by atoms with Crippen molar-refractivity contribution in [3.05, 3.63) is 23.7 Å². The van der Waals surface area contributed by atoms with Crippen LogP contribution in [0, 0.1) is 5.21 Å². The summed E-state index contributed by atoms with van der Waals surface area (Å²) in [6, 6.07) is 1.60. The molecule has 0 saturated carbocycles. The maximum Gasteiger partial charge on any atom is 0.150 e. The van der Waals surface area contributed by atoms with Gasteiger partial charge in [-0.05, 0) is 0 Å². The van der Waals surface area contributed by atoms with Gasteiger partial charge in [0.25, 0.3) is 0 Å². The first-order valence-electron chi connectivity index (χ1n) is 2.63. The molecule has 4 nitrogen and oxygen atoms in total. The van der Waals surface area contributed by atoms with Crippen molar-refractivity contribution in [2.24, 2.45) is 0 Å². The molecule has 6 heteroatoms. The van der Waals surface area contributed by atoms with E-state index in [-0.39, 0.29) is 12.4 Å². The van der Waals surface area contributed by atoms with Gasteiger partial charge in [0.05, 0.1) is 18.1 Å². The molecule has 0 aliphatic heterocycles. The molecular formula is C5H6Cl2N3O-. The van der Waals surface area contributed by atoms with E-state index in [0.717, 1.165) is 0 Å². The summed E-state index contributed by atoms with van der Waals surface area (Å²) in [5, 5.41) is 10.2. The number of halogens is 2. The number of hydrogen-bond donors (Lipinski definition) is 2. The standard InChI is InChI=1S/C5H6ClN3O.ClH/c6-8-4-1-5(9-10)3-7-2-4;/h1-3,8H,9H2;1H/p-1. The van der Waals surface area contributed by atoms with Crippen LogP contribution in [0.5, 0.6) is 0 Å². The van der Waals surface area contributed by atoms with E-state index in [9.17, 15) is 5.21 Å². The zero-order valence-corrected chi connectivity index (χ0v) is 6.93.